The maximum Gasteiger partial charge on any atom is 0.297 e. The first-order chi connectivity index (χ1) is 14.5. The number of carbonyl (C=O) groups excluding carboxylic acids is 1. The van der Waals surface area contributed by atoms with Crippen molar-refractivity contribution in [1.29, 1.82) is 0 Å². The molecule has 5 rings (SSSR count). The summed E-state index contributed by atoms with van der Waals surface area (Å²) in [6.07, 6.45) is 0.702. The third kappa shape index (κ3) is 2.98. The second kappa shape index (κ2) is 7.30. The quantitative estimate of drug-likeness (QED) is 0.376. The molecule has 0 aliphatic carbocycles. The Balaban J connectivity index is 1.82. The van der Waals surface area contributed by atoms with Gasteiger partial charge in [-0.05, 0) is 42.3 Å². The summed E-state index contributed by atoms with van der Waals surface area (Å²) >= 11 is 10.9. The minimum Gasteiger partial charge on any atom is -0.450 e. The highest BCUT2D eigenvalue weighted by molar-refractivity contribution is 9.10. The molecule has 1 amide bonds. The van der Waals surface area contributed by atoms with Crippen molar-refractivity contribution in [3.8, 4) is 0 Å². The molecule has 0 fully saturated rings. The maximum atomic E-state index is 13.5. The molecule has 0 saturated heterocycles. The number of benzene rings is 2. The molecule has 0 saturated carbocycles. The van der Waals surface area contributed by atoms with Gasteiger partial charge in [-0.2, -0.15) is 0 Å². The third-order valence-electron chi connectivity index (χ3n) is 4.96. The molecule has 1 aliphatic rings. The van der Waals surface area contributed by atoms with Crippen LogP contribution in [0.1, 0.15) is 39.7 Å². The molecule has 4 aromatic rings. The smallest absolute Gasteiger partial charge is 0.297 e. The predicted molar refractivity (Wildman–Crippen MR) is 120 cm³/mol. The Hall–Kier alpha value is -2.55. The molecule has 0 N–H and O–H groups in total. The molecule has 30 heavy (non-hydrogen) atoms. The average Bonchev–Trinajstić information content (AvgIpc) is 3.31. The minimum atomic E-state index is -0.678. The summed E-state index contributed by atoms with van der Waals surface area (Å²) in [5.41, 5.74) is 1.08. The van der Waals surface area contributed by atoms with Gasteiger partial charge in [0.05, 0.1) is 17.0 Å². The Morgan fingerprint density at radius 1 is 1.20 bits per heavy atom. The zero-order valence-corrected chi connectivity index (χ0v) is 18.7. The fraction of sp³-hybridized carbons (Fsp3) is 0.143. The van der Waals surface area contributed by atoms with Gasteiger partial charge in [0.1, 0.15) is 10.6 Å². The normalized spacial score (nSPS) is 15.8. The molecule has 1 aliphatic heterocycles. The molecule has 0 radical (unpaired) electrons. The number of nitrogens with zero attached hydrogens (tertiary/aromatic N) is 3. The molecule has 1 atom stereocenters. The van der Waals surface area contributed by atoms with E-state index in [1.54, 1.807) is 18.2 Å². The van der Waals surface area contributed by atoms with E-state index in [2.05, 4.69) is 26.1 Å². The van der Waals surface area contributed by atoms with Crippen LogP contribution in [0.3, 0.4) is 0 Å². The van der Waals surface area contributed by atoms with Crippen LogP contribution in [0.25, 0.3) is 11.0 Å². The Morgan fingerprint density at radius 2 is 2.03 bits per heavy atom. The van der Waals surface area contributed by atoms with Gasteiger partial charge >= 0.3 is 0 Å². The second-order valence-corrected chi connectivity index (χ2v) is 9.17. The van der Waals surface area contributed by atoms with Gasteiger partial charge in [0.25, 0.3) is 5.91 Å². The van der Waals surface area contributed by atoms with Crippen LogP contribution in [-0.4, -0.2) is 16.1 Å². The molecule has 150 valence electrons. The minimum absolute atomic E-state index is 0.0213. The van der Waals surface area contributed by atoms with Crippen molar-refractivity contribution in [1.82, 2.24) is 10.2 Å². The summed E-state index contributed by atoms with van der Waals surface area (Å²) in [7, 11) is 0. The molecule has 0 spiro atoms. The van der Waals surface area contributed by atoms with Gasteiger partial charge in [0.15, 0.2) is 5.43 Å². The molecular formula is C21H13BrClN3O3S. The fourth-order valence-electron chi connectivity index (χ4n) is 3.62. The fourth-order valence-corrected chi connectivity index (χ4v) is 5.01. The van der Waals surface area contributed by atoms with E-state index >= 15 is 0 Å². The van der Waals surface area contributed by atoms with Gasteiger partial charge < -0.3 is 4.42 Å². The summed E-state index contributed by atoms with van der Waals surface area (Å²) in [5, 5.41) is 10.3. The maximum absolute atomic E-state index is 13.5. The standard InChI is InChI=1S/C21H13BrClN3O3S/c1-2-15-24-25-21(30-15)26-17(10-4-3-5-11(22)8-10)16-18(27)13-9-12(23)6-7-14(13)29-19(16)20(26)28/h3-9,17H,2H2,1H3. The van der Waals surface area contributed by atoms with Crippen molar-refractivity contribution < 1.29 is 9.21 Å². The lowest BCUT2D eigenvalue weighted by Gasteiger charge is -2.22. The second-order valence-electron chi connectivity index (χ2n) is 6.78. The summed E-state index contributed by atoms with van der Waals surface area (Å²) in [4.78, 5) is 28.4. The van der Waals surface area contributed by atoms with Gasteiger partial charge in [0, 0.05) is 9.50 Å². The first kappa shape index (κ1) is 19.4. The van der Waals surface area contributed by atoms with Crippen LogP contribution in [-0.2, 0) is 6.42 Å². The van der Waals surface area contributed by atoms with Crippen molar-refractivity contribution >= 4 is 60.9 Å². The lowest BCUT2D eigenvalue weighted by atomic mass is 9.99. The van der Waals surface area contributed by atoms with E-state index in [0.29, 0.717) is 27.5 Å². The number of hydrogen-bond donors (Lipinski definition) is 0. The van der Waals surface area contributed by atoms with E-state index in [4.69, 9.17) is 16.0 Å². The van der Waals surface area contributed by atoms with E-state index in [1.807, 2.05) is 31.2 Å². The van der Waals surface area contributed by atoms with Gasteiger partial charge in [-0.15, -0.1) is 10.2 Å². The Labute approximate surface area is 188 Å². The Morgan fingerprint density at radius 3 is 2.77 bits per heavy atom. The number of carbonyl (C=O) groups is 1. The van der Waals surface area contributed by atoms with Crippen molar-refractivity contribution in [3.05, 3.63) is 84.1 Å². The van der Waals surface area contributed by atoms with Crippen LogP contribution >= 0.6 is 38.9 Å². The summed E-state index contributed by atoms with van der Waals surface area (Å²) in [6.45, 7) is 1.97. The SMILES string of the molecule is CCc1nnc(N2C(=O)c3oc4ccc(Cl)cc4c(=O)c3C2c2cccc(Br)c2)s1. The monoisotopic (exact) mass is 501 g/mol. The molecule has 3 heterocycles. The van der Waals surface area contributed by atoms with E-state index in [0.717, 1.165) is 15.0 Å². The number of halogens is 2. The van der Waals surface area contributed by atoms with Crippen molar-refractivity contribution in [2.24, 2.45) is 0 Å². The molecule has 2 aromatic heterocycles. The van der Waals surface area contributed by atoms with Crippen LogP contribution in [0.5, 0.6) is 0 Å². The number of anilines is 1. The number of aromatic nitrogens is 2. The van der Waals surface area contributed by atoms with Gasteiger partial charge in [-0.25, -0.2) is 0 Å². The number of aryl methyl sites for hydroxylation is 1. The first-order valence-corrected chi connectivity index (χ1v) is 11.1. The average molecular weight is 503 g/mol. The zero-order chi connectivity index (χ0) is 21.0. The van der Waals surface area contributed by atoms with Crippen LogP contribution in [0, 0.1) is 0 Å². The predicted octanol–water partition coefficient (Wildman–Crippen LogP) is 5.37. The molecule has 6 nitrogen and oxygen atoms in total. The van der Waals surface area contributed by atoms with Crippen LogP contribution in [0.15, 0.2) is 56.1 Å². The number of rotatable bonds is 3. The van der Waals surface area contributed by atoms with E-state index in [-0.39, 0.29) is 16.8 Å². The van der Waals surface area contributed by atoms with E-state index < -0.39 is 11.9 Å². The van der Waals surface area contributed by atoms with Gasteiger partial charge in [-0.3, -0.25) is 14.5 Å². The molecule has 9 heteroatoms. The van der Waals surface area contributed by atoms with Crippen molar-refractivity contribution in [3.63, 3.8) is 0 Å². The third-order valence-corrected chi connectivity index (χ3v) is 6.76. The summed E-state index contributed by atoms with van der Waals surface area (Å²) < 4.78 is 6.75. The summed E-state index contributed by atoms with van der Waals surface area (Å²) in [6, 6.07) is 11.6. The van der Waals surface area contributed by atoms with E-state index in [9.17, 15) is 9.59 Å². The largest absolute Gasteiger partial charge is 0.450 e. The van der Waals surface area contributed by atoms with Crippen molar-refractivity contribution in [2.45, 2.75) is 19.4 Å². The lowest BCUT2D eigenvalue weighted by Crippen LogP contribution is -2.29. The van der Waals surface area contributed by atoms with Gasteiger partial charge in [0.2, 0.25) is 10.9 Å². The van der Waals surface area contributed by atoms with Crippen LogP contribution < -0.4 is 10.3 Å². The van der Waals surface area contributed by atoms with Crippen LogP contribution in [0.2, 0.25) is 5.02 Å². The highest BCUT2D eigenvalue weighted by Gasteiger charge is 2.45. The Kier molecular flexibility index (Phi) is 4.72. The van der Waals surface area contributed by atoms with Crippen molar-refractivity contribution in [2.75, 3.05) is 4.90 Å². The molecule has 1 unspecified atom stereocenters. The summed E-state index contributed by atoms with van der Waals surface area (Å²) in [5.74, 6) is -0.393. The zero-order valence-electron chi connectivity index (χ0n) is 15.6. The van der Waals surface area contributed by atoms with Crippen LogP contribution in [0.4, 0.5) is 5.13 Å². The lowest BCUT2D eigenvalue weighted by molar-refractivity contribution is 0.0970. The van der Waals surface area contributed by atoms with Gasteiger partial charge in [-0.1, -0.05) is 57.9 Å². The number of amides is 1. The van der Waals surface area contributed by atoms with E-state index in [1.165, 1.54) is 16.2 Å². The Bertz CT molecular complexity index is 1380. The highest BCUT2D eigenvalue weighted by atomic mass is 79.9. The topological polar surface area (TPSA) is 76.3 Å². The highest BCUT2D eigenvalue weighted by Crippen LogP contribution is 2.42. The molecule has 0 bridgehead atoms. The first-order valence-electron chi connectivity index (χ1n) is 9.15. The molecular weight excluding hydrogens is 490 g/mol. The number of hydrogen-bond acceptors (Lipinski definition) is 6. The number of fused-ring (bicyclic) bond motifs is 2. The molecule has 2 aromatic carbocycles.